The van der Waals surface area contributed by atoms with Gasteiger partial charge in [0.2, 0.25) is 0 Å². The van der Waals surface area contributed by atoms with Crippen molar-refractivity contribution in [3.63, 3.8) is 0 Å². The number of hydrogen-bond acceptors (Lipinski definition) is 1. The van der Waals surface area contributed by atoms with Gasteiger partial charge in [0, 0.05) is 5.57 Å². The summed E-state index contributed by atoms with van der Waals surface area (Å²) in [5.74, 6) is 4.12. The van der Waals surface area contributed by atoms with Crippen LogP contribution in [-0.2, 0) is 4.79 Å². The molecule has 0 aliphatic heterocycles. The predicted octanol–water partition coefficient (Wildman–Crippen LogP) is 3.23. The molecule has 0 heterocycles. The Labute approximate surface area is 81.2 Å². The molecule has 1 atom stereocenters. The molecule has 0 radical (unpaired) electrons. The van der Waals surface area contributed by atoms with Crippen LogP contribution in [0.4, 0.5) is 0 Å². The van der Waals surface area contributed by atoms with Crippen molar-refractivity contribution in [1.82, 2.24) is 0 Å². The van der Waals surface area contributed by atoms with Crippen molar-refractivity contribution in [3.8, 4) is 0 Å². The molecule has 0 aromatic rings. The molecule has 1 heteroatoms. The first-order valence-corrected chi connectivity index (χ1v) is 5.36. The highest BCUT2D eigenvalue weighted by Gasteiger charge is 2.24. The van der Waals surface area contributed by atoms with Gasteiger partial charge in [-0.3, -0.25) is 0 Å². The van der Waals surface area contributed by atoms with Crippen LogP contribution in [0.3, 0.4) is 0 Å². The van der Waals surface area contributed by atoms with Crippen LogP contribution in [0.2, 0.25) is 0 Å². The second-order valence-corrected chi connectivity index (χ2v) is 4.59. The molecule has 1 saturated carbocycles. The van der Waals surface area contributed by atoms with Crippen molar-refractivity contribution in [1.29, 1.82) is 0 Å². The smallest absolute Gasteiger partial charge is 0.123 e. The third kappa shape index (κ3) is 2.70. The Morgan fingerprint density at radius 2 is 1.85 bits per heavy atom. The van der Waals surface area contributed by atoms with Gasteiger partial charge in [-0.15, -0.1) is 0 Å². The monoisotopic (exact) mass is 180 g/mol. The second kappa shape index (κ2) is 4.62. The molecule has 1 unspecified atom stereocenters. The third-order valence-corrected chi connectivity index (χ3v) is 3.61. The van der Waals surface area contributed by atoms with Crippen molar-refractivity contribution >= 4 is 5.94 Å². The van der Waals surface area contributed by atoms with E-state index in [-0.39, 0.29) is 0 Å². The summed E-state index contributed by atoms with van der Waals surface area (Å²) in [6, 6.07) is 0. The summed E-state index contributed by atoms with van der Waals surface area (Å²) in [5.41, 5.74) is 0.902. The summed E-state index contributed by atoms with van der Waals surface area (Å²) >= 11 is 0. The molecule has 0 aromatic carbocycles. The minimum Gasteiger partial charge on any atom is -0.234 e. The van der Waals surface area contributed by atoms with Crippen molar-refractivity contribution in [3.05, 3.63) is 5.57 Å². The number of hydrogen-bond donors (Lipinski definition) is 0. The Morgan fingerprint density at radius 1 is 1.31 bits per heavy atom. The van der Waals surface area contributed by atoms with Gasteiger partial charge < -0.3 is 0 Å². The highest BCUT2D eigenvalue weighted by atomic mass is 16.1. The van der Waals surface area contributed by atoms with Crippen LogP contribution in [0.25, 0.3) is 0 Å². The lowest BCUT2D eigenvalue weighted by Gasteiger charge is -2.30. The molecular formula is C12H20O. The van der Waals surface area contributed by atoms with Gasteiger partial charge in [0.15, 0.2) is 0 Å². The van der Waals surface area contributed by atoms with Crippen LogP contribution >= 0.6 is 0 Å². The second-order valence-electron chi connectivity index (χ2n) is 4.59. The fourth-order valence-electron chi connectivity index (χ4n) is 2.23. The van der Waals surface area contributed by atoms with Crippen molar-refractivity contribution in [2.24, 2.45) is 17.8 Å². The lowest BCUT2D eigenvalue weighted by atomic mass is 9.75. The van der Waals surface area contributed by atoms with Crippen LogP contribution in [0.1, 0.15) is 46.5 Å². The van der Waals surface area contributed by atoms with Crippen LogP contribution in [0.5, 0.6) is 0 Å². The molecule has 1 nitrogen and oxygen atoms in total. The van der Waals surface area contributed by atoms with Gasteiger partial charge in [0.1, 0.15) is 5.94 Å². The molecule has 0 N–H and O–H groups in total. The van der Waals surface area contributed by atoms with E-state index in [1.165, 1.54) is 25.7 Å². The van der Waals surface area contributed by atoms with Crippen LogP contribution in [0, 0.1) is 17.8 Å². The maximum Gasteiger partial charge on any atom is 0.123 e. The summed E-state index contributed by atoms with van der Waals surface area (Å²) in [7, 11) is 0. The molecular weight excluding hydrogens is 160 g/mol. The number of rotatable bonds is 2. The van der Waals surface area contributed by atoms with Crippen LogP contribution < -0.4 is 0 Å². The van der Waals surface area contributed by atoms with E-state index in [9.17, 15) is 4.79 Å². The molecule has 74 valence electrons. The summed E-state index contributed by atoms with van der Waals surface area (Å²) in [4.78, 5) is 10.5. The topological polar surface area (TPSA) is 17.1 Å². The number of allylic oxidation sites excluding steroid dienone is 1. The van der Waals surface area contributed by atoms with Crippen LogP contribution in [-0.4, -0.2) is 5.94 Å². The van der Waals surface area contributed by atoms with Crippen molar-refractivity contribution in [2.75, 3.05) is 0 Å². The quantitative estimate of drug-likeness (QED) is 0.596. The summed E-state index contributed by atoms with van der Waals surface area (Å²) in [6.45, 7) is 6.40. The normalized spacial score (nSPS) is 30.7. The van der Waals surface area contributed by atoms with E-state index in [0.29, 0.717) is 5.92 Å². The molecule has 0 saturated heterocycles. The molecule has 1 aliphatic carbocycles. The lowest BCUT2D eigenvalue weighted by molar-refractivity contribution is 0.243. The van der Waals surface area contributed by atoms with Gasteiger partial charge in [-0.25, -0.2) is 4.79 Å². The van der Waals surface area contributed by atoms with E-state index >= 15 is 0 Å². The maximum atomic E-state index is 10.5. The van der Waals surface area contributed by atoms with Crippen molar-refractivity contribution in [2.45, 2.75) is 46.5 Å². The Morgan fingerprint density at radius 3 is 2.31 bits per heavy atom. The van der Waals surface area contributed by atoms with Crippen molar-refractivity contribution < 1.29 is 4.79 Å². The first-order valence-electron chi connectivity index (χ1n) is 5.36. The van der Waals surface area contributed by atoms with Gasteiger partial charge in [-0.1, -0.05) is 26.7 Å². The summed E-state index contributed by atoms with van der Waals surface area (Å²) in [5, 5.41) is 0. The first kappa shape index (κ1) is 10.5. The largest absolute Gasteiger partial charge is 0.234 e. The highest BCUT2D eigenvalue weighted by Crippen LogP contribution is 2.35. The first-order chi connectivity index (χ1) is 6.15. The standard InChI is InChI=1S/C12H20O/c1-9-4-6-12(7-5-9)11(3)10(2)8-13/h9,11-12H,4-7H2,1-3H3. The van der Waals surface area contributed by atoms with E-state index in [1.807, 2.05) is 12.9 Å². The molecule has 1 fully saturated rings. The van der Waals surface area contributed by atoms with Gasteiger partial charge in [-0.2, -0.15) is 0 Å². The van der Waals surface area contributed by atoms with Gasteiger partial charge in [0.05, 0.1) is 0 Å². The number of carbonyl (C=O) groups excluding carboxylic acids is 1. The highest BCUT2D eigenvalue weighted by molar-refractivity contribution is 5.52. The van der Waals surface area contributed by atoms with E-state index in [1.54, 1.807) is 0 Å². The Balaban J connectivity index is 2.49. The molecule has 0 amide bonds. The van der Waals surface area contributed by atoms with E-state index in [4.69, 9.17) is 0 Å². The zero-order valence-electron chi connectivity index (χ0n) is 8.97. The molecule has 13 heavy (non-hydrogen) atoms. The zero-order chi connectivity index (χ0) is 9.84. The Hall–Kier alpha value is -0.550. The Bertz CT molecular complexity index is 205. The average molecular weight is 180 g/mol. The SMILES string of the molecule is CC(=C=O)C(C)C1CCC(C)CC1. The van der Waals surface area contributed by atoms with Crippen LogP contribution in [0.15, 0.2) is 5.57 Å². The minimum atomic E-state index is 0.449. The zero-order valence-corrected chi connectivity index (χ0v) is 8.97. The Kier molecular flexibility index (Phi) is 3.74. The van der Waals surface area contributed by atoms with E-state index in [2.05, 4.69) is 13.8 Å². The van der Waals surface area contributed by atoms with E-state index < -0.39 is 0 Å². The molecule has 1 aliphatic rings. The maximum absolute atomic E-state index is 10.5. The fraction of sp³-hybridized carbons (Fsp3) is 0.833. The van der Waals surface area contributed by atoms with E-state index in [0.717, 1.165) is 17.4 Å². The minimum absolute atomic E-state index is 0.449. The average Bonchev–Trinajstić information content (AvgIpc) is 2.17. The van der Waals surface area contributed by atoms with Gasteiger partial charge in [0.25, 0.3) is 0 Å². The summed E-state index contributed by atoms with van der Waals surface area (Å²) in [6.07, 6.45) is 5.25. The van der Waals surface area contributed by atoms with Gasteiger partial charge >= 0.3 is 0 Å². The summed E-state index contributed by atoms with van der Waals surface area (Å²) < 4.78 is 0. The molecule has 1 rings (SSSR count). The molecule has 0 spiro atoms. The molecule has 0 aromatic heterocycles. The fourth-order valence-corrected chi connectivity index (χ4v) is 2.23. The van der Waals surface area contributed by atoms with Gasteiger partial charge in [-0.05, 0) is 37.5 Å². The third-order valence-electron chi connectivity index (χ3n) is 3.61. The predicted molar refractivity (Wildman–Crippen MR) is 55.2 cm³/mol. The lowest BCUT2D eigenvalue weighted by Crippen LogP contribution is -2.19. The molecule has 0 bridgehead atoms.